The molecule has 0 saturated heterocycles. The van der Waals surface area contributed by atoms with Gasteiger partial charge in [-0.2, -0.15) is 0 Å². The van der Waals surface area contributed by atoms with Crippen molar-refractivity contribution in [2.24, 2.45) is 0 Å². The van der Waals surface area contributed by atoms with Crippen molar-refractivity contribution in [1.82, 2.24) is 15.6 Å². The van der Waals surface area contributed by atoms with Gasteiger partial charge in [0.05, 0.1) is 18.8 Å². The number of aromatic nitrogens is 1. The number of aliphatic hydroxyl groups is 1. The number of furan rings is 1. The van der Waals surface area contributed by atoms with E-state index in [9.17, 15) is 9.90 Å². The van der Waals surface area contributed by atoms with E-state index >= 15 is 0 Å². The molecule has 0 aromatic carbocycles. The summed E-state index contributed by atoms with van der Waals surface area (Å²) in [7, 11) is 3.81. The van der Waals surface area contributed by atoms with Gasteiger partial charge in [0.15, 0.2) is 0 Å². The van der Waals surface area contributed by atoms with Crippen LogP contribution in [-0.2, 0) is 12.1 Å². The topological polar surface area (TPSA) is 90.6 Å². The Hall–Kier alpha value is -2.54. The Morgan fingerprint density at radius 1 is 1.29 bits per heavy atom. The number of carbonyl (C=O) groups is 1. The zero-order chi connectivity index (χ0) is 17.7. The molecule has 1 unspecified atom stereocenters. The number of pyridine rings is 1. The van der Waals surface area contributed by atoms with Crippen molar-refractivity contribution in [1.29, 1.82) is 0 Å². The summed E-state index contributed by atoms with van der Waals surface area (Å²) in [6.07, 6.45) is 0. The van der Waals surface area contributed by atoms with Crippen LogP contribution in [0.2, 0.25) is 0 Å². The van der Waals surface area contributed by atoms with Gasteiger partial charge in [-0.25, -0.2) is 9.78 Å². The van der Waals surface area contributed by atoms with Crippen LogP contribution in [0.15, 0.2) is 34.7 Å². The second-order valence-corrected chi connectivity index (χ2v) is 6.10. The quantitative estimate of drug-likeness (QED) is 0.750. The standard InChI is InChI=1S/C17H24N4O3/c1-12-8-9-14(24-12)17(2,23)11-19-16(22)18-10-13-6-5-7-15(20-13)21(3)4/h5-9,23H,10-11H2,1-4H3,(H2,18,19,22). The summed E-state index contributed by atoms with van der Waals surface area (Å²) in [6.45, 7) is 3.73. The lowest BCUT2D eigenvalue weighted by Gasteiger charge is -2.21. The summed E-state index contributed by atoms with van der Waals surface area (Å²) in [5.41, 5.74) is -0.515. The minimum absolute atomic E-state index is 0.0386. The fourth-order valence-electron chi connectivity index (χ4n) is 2.11. The van der Waals surface area contributed by atoms with Gasteiger partial charge in [0.2, 0.25) is 0 Å². The molecule has 0 bridgehead atoms. The van der Waals surface area contributed by atoms with Gasteiger partial charge in [0, 0.05) is 14.1 Å². The Labute approximate surface area is 141 Å². The molecule has 7 heteroatoms. The molecule has 0 saturated carbocycles. The highest BCUT2D eigenvalue weighted by atomic mass is 16.4. The van der Waals surface area contributed by atoms with Crippen LogP contribution in [0.4, 0.5) is 10.6 Å². The number of rotatable bonds is 6. The molecule has 0 radical (unpaired) electrons. The Morgan fingerprint density at radius 3 is 2.67 bits per heavy atom. The lowest BCUT2D eigenvalue weighted by atomic mass is 10.0. The fourth-order valence-corrected chi connectivity index (χ4v) is 2.11. The minimum Gasteiger partial charge on any atom is -0.463 e. The molecule has 0 aliphatic heterocycles. The van der Waals surface area contributed by atoms with E-state index in [0.29, 0.717) is 18.1 Å². The second kappa shape index (κ2) is 7.35. The first-order valence-electron chi connectivity index (χ1n) is 7.72. The molecular formula is C17H24N4O3. The number of hydrogen-bond acceptors (Lipinski definition) is 5. The van der Waals surface area contributed by atoms with Crippen molar-refractivity contribution in [2.75, 3.05) is 25.5 Å². The highest BCUT2D eigenvalue weighted by Crippen LogP contribution is 2.21. The Balaban J connectivity index is 1.84. The molecule has 130 valence electrons. The van der Waals surface area contributed by atoms with E-state index in [0.717, 1.165) is 11.5 Å². The van der Waals surface area contributed by atoms with Crippen LogP contribution in [0.1, 0.15) is 24.1 Å². The molecule has 7 nitrogen and oxygen atoms in total. The van der Waals surface area contributed by atoms with Crippen molar-refractivity contribution in [3.63, 3.8) is 0 Å². The Bertz CT molecular complexity index is 695. The smallest absolute Gasteiger partial charge is 0.315 e. The molecule has 2 heterocycles. The number of carbonyl (C=O) groups excluding carboxylic acids is 1. The number of nitrogens with one attached hydrogen (secondary N) is 2. The van der Waals surface area contributed by atoms with Crippen molar-refractivity contribution in [2.45, 2.75) is 26.0 Å². The van der Waals surface area contributed by atoms with Crippen LogP contribution in [0.3, 0.4) is 0 Å². The number of hydrogen-bond donors (Lipinski definition) is 3. The van der Waals surface area contributed by atoms with Crippen LogP contribution in [0, 0.1) is 6.92 Å². The van der Waals surface area contributed by atoms with E-state index in [4.69, 9.17) is 4.42 Å². The van der Waals surface area contributed by atoms with Crippen LogP contribution in [0.25, 0.3) is 0 Å². The van der Waals surface area contributed by atoms with Crippen molar-refractivity contribution in [3.8, 4) is 0 Å². The van der Waals surface area contributed by atoms with Gasteiger partial charge in [-0.05, 0) is 38.1 Å². The molecule has 0 aliphatic rings. The Morgan fingerprint density at radius 2 is 2.04 bits per heavy atom. The van der Waals surface area contributed by atoms with Crippen LogP contribution in [0.5, 0.6) is 0 Å². The molecule has 3 N–H and O–H groups in total. The lowest BCUT2D eigenvalue weighted by molar-refractivity contribution is 0.0359. The first-order chi connectivity index (χ1) is 11.3. The van der Waals surface area contributed by atoms with Crippen molar-refractivity contribution < 1.29 is 14.3 Å². The predicted octanol–water partition coefficient (Wildman–Crippen LogP) is 1.76. The maximum Gasteiger partial charge on any atom is 0.315 e. The zero-order valence-corrected chi connectivity index (χ0v) is 14.5. The maximum atomic E-state index is 11.9. The SMILES string of the molecule is Cc1ccc(C(C)(O)CNC(=O)NCc2cccc(N(C)C)n2)o1. The highest BCUT2D eigenvalue weighted by Gasteiger charge is 2.27. The van der Waals surface area contributed by atoms with Gasteiger partial charge >= 0.3 is 6.03 Å². The normalized spacial score (nSPS) is 13.2. The summed E-state index contributed by atoms with van der Waals surface area (Å²) in [6, 6.07) is 8.72. The largest absolute Gasteiger partial charge is 0.463 e. The van der Waals surface area contributed by atoms with Gasteiger partial charge in [0.25, 0.3) is 0 Å². The van der Waals surface area contributed by atoms with Gasteiger partial charge in [0.1, 0.15) is 22.9 Å². The molecule has 0 aliphatic carbocycles. The number of nitrogens with zero attached hydrogens (tertiary/aromatic N) is 2. The summed E-state index contributed by atoms with van der Waals surface area (Å²) >= 11 is 0. The molecule has 2 rings (SSSR count). The van der Waals surface area contributed by atoms with E-state index < -0.39 is 5.60 Å². The molecule has 1 atom stereocenters. The van der Waals surface area contributed by atoms with Crippen LogP contribution in [-0.4, -0.2) is 36.8 Å². The van der Waals surface area contributed by atoms with Crippen LogP contribution < -0.4 is 15.5 Å². The van der Waals surface area contributed by atoms with Crippen molar-refractivity contribution in [3.05, 3.63) is 47.5 Å². The fraction of sp³-hybridized carbons (Fsp3) is 0.412. The molecule has 24 heavy (non-hydrogen) atoms. The molecule has 2 aromatic heterocycles. The highest BCUT2D eigenvalue weighted by molar-refractivity contribution is 5.73. The summed E-state index contributed by atoms with van der Waals surface area (Å²) in [4.78, 5) is 18.2. The third kappa shape index (κ3) is 4.73. The van der Waals surface area contributed by atoms with Crippen molar-refractivity contribution >= 4 is 11.8 Å². The summed E-state index contributed by atoms with van der Waals surface area (Å²) in [5.74, 6) is 1.95. The third-order valence-electron chi connectivity index (χ3n) is 3.54. The first-order valence-corrected chi connectivity index (χ1v) is 7.72. The van der Waals surface area contributed by atoms with E-state index in [1.54, 1.807) is 26.0 Å². The van der Waals surface area contributed by atoms with Gasteiger partial charge in [-0.15, -0.1) is 0 Å². The third-order valence-corrected chi connectivity index (χ3v) is 3.54. The first kappa shape index (κ1) is 17.8. The van der Waals surface area contributed by atoms with E-state index in [2.05, 4.69) is 15.6 Å². The average Bonchev–Trinajstić information content (AvgIpc) is 2.99. The molecule has 0 spiro atoms. The van der Waals surface area contributed by atoms with E-state index in [-0.39, 0.29) is 12.6 Å². The monoisotopic (exact) mass is 332 g/mol. The molecule has 2 amide bonds. The van der Waals surface area contributed by atoms with E-state index in [1.807, 2.05) is 37.2 Å². The average molecular weight is 332 g/mol. The maximum absolute atomic E-state index is 11.9. The number of amides is 2. The molecular weight excluding hydrogens is 308 g/mol. The molecule has 2 aromatic rings. The summed E-state index contributed by atoms with van der Waals surface area (Å²) in [5, 5.41) is 15.7. The van der Waals surface area contributed by atoms with Gasteiger partial charge in [-0.1, -0.05) is 6.07 Å². The van der Waals surface area contributed by atoms with Gasteiger partial charge < -0.3 is 25.1 Å². The Kier molecular flexibility index (Phi) is 5.46. The van der Waals surface area contributed by atoms with Crippen LogP contribution >= 0.6 is 0 Å². The molecule has 0 fully saturated rings. The number of aryl methyl sites for hydroxylation is 1. The number of anilines is 1. The zero-order valence-electron chi connectivity index (χ0n) is 14.5. The summed E-state index contributed by atoms with van der Waals surface area (Å²) < 4.78 is 5.41. The second-order valence-electron chi connectivity index (χ2n) is 6.10. The van der Waals surface area contributed by atoms with E-state index in [1.165, 1.54) is 0 Å². The minimum atomic E-state index is -1.27. The van der Waals surface area contributed by atoms with Gasteiger partial charge in [-0.3, -0.25) is 0 Å². The predicted molar refractivity (Wildman–Crippen MR) is 91.8 cm³/mol. The lowest BCUT2D eigenvalue weighted by Crippen LogP contribution is -2.43. The number of urea groups is 1.